The average molecular weight is 213 g/mol. The molecule has 2 atom stereocenters. The fourth-order valence-electron chi connectivity index (χ4n) is 2.35. The molecule has 1 saturated carbocycles. The van der Waals surface area contributed by atoms with Crippen LogP contribution in [0.5, 0.6) is 0 Å². The lowest BCUT2D eigenvalue weighted by Gasteiger charge is -2.20. The first kappa shape index (κ1) is 13.0. The van der Waals surface area contributed by atoms with E-state index in [2.05, 4.69) is 6.92 Å². The zero-order valence-corrected chi connectivity index (χ0v) is 10.2. The first-order valence-electron chi connectivity index (χ1n) is 6.68. The van der Waals surface area contributed by atoms with E-state index in [4.69, 9.17) is 10.5 Å². The number of rotatable bonds is 6. The van der Waals surface area contributed by atoms with Crippen molar-refractivity contribution in [3.63, 3.8) is 0 Å². The van der Waals surface area contributed by atoms with Crippen LogP contribution in [-0.2, 0) is 4.74 Å². The summed E-state index contributed by atoms with van der Waals surface area (Å²) in [4.78, 5) is 0. The van der Waals surface area contributed by atoms with E-state index >= 15 is 0 Å². The smallest absolute Gasteiger partial charge is 0.0469 e. The van der Waals surface area contributed by atoms with Crippen molar-refractivity contribution in [3.05, 3.63) is 0 Å². The molecule has 90 valence electrons. The number of unbranched alkanes of at least 4 members (excludes halogenated alkanes) is 1. The van der Waals surface area contributed by atoms with E-state index in [0.29, 0.717) is 12.0 Å². The van der Waals surface area contributed by atoms with Crippen LogP contribution >= 0.6 is 0 Å². The van der Waals surface area contributed by atoms with Crippen LogP contribution in [0.3, 0.4) is 0 Å². The van der Waals surface area contributed by atoms with Crippen molar-refractivity contribution in [2.24, 2.45) is 11.7 Å². The predicted molar refractivity (Wildman–Crippen MR) is 64.9 cm³/mol. The van der Waals surface area contributed by atoms with Crippen LogP contribution in [0, 0.1) is 5.92 Å². The summed E-state index contributed by atoms with van der Waals surface area (Å²) in [6, 6.07) is 0.433. The van der Waals surface area contributed by atoms with Crippen molar-refractivity contribution in [2.45, 2.75) is 64.3 Å². The summed E-state index contributed by atoms with van der Waals surface area (Å²) in [6.45, 7) is 4.04. The Hall–Kier alpha value is -0.0800. The molecular formula is C13H27NO. The van der Waals surface area contributed by atoms with E-state index < -0.39 is 0 Å². The van der Waals surface area contributed by atoms with Crippen LogP contribution in [0.2, 0.25) is 0 Å². The summed E-state index contributed by atoms with van der Waals surface area (Å²) in [6.07, 6.45) is 10.2. The fraction of sp³-hybridized carbons (Fsp3) is 1.00. The van der Waals surface area contributed by atoms with Gasteiger partial charge in [-0.25, -0.2) is 0 Å². The Morgan fingerprint density at radius 1 is 1.13 bits per heavy atom. The second-order valence-electron chi connectivity index (χ2n) is 4.82. The van der Waals surface area contributed by atoms with Gasteiger partial charge in [-0.2, -0.15) is 0 Å². The summed E-state index contributed by atoms with van der Waals surface area (Å²) in [5.41, 5.74) is 6.16. The van der Waals surface area contributed by atoms with Crippen molar-refractivity contribution in [2.75, 3.05) is 13.2 Å². The molecule has 0 aromatic heterocycles. The molecule has 2 nitrogen and oxygen atoms in total. The zero-order chi connectivity index (χ0) is 10.9. The van der Waals surface area contributed by atoms with Crippen LogP contribution in [0.1, 0.15) is 58.3 Å². The van der Waals surface area contributed by atoms with Gasteiger partial charge in [-0.3, -0.25) is 0 Å². The monoisotopic (exact) mass is 213 g/mol. The normalized spacial score (nSPS) is 27.6. The molecule has 1 aliphatic rings. The molecule has 15 heavy (non-hydrogen) atoms. The van der Waals surface area contributed by atoms with E-state index in [1.165, 1.54) is 51.4 Å². The van der Waals surface area contributed by atoms with Gasteiger partial charge in [-0.1, -0.05) is 32.6 Å². The fourth-order valence-corrected chi connectivity index (χ4v) is 2.35. The first-order chi connectivity index (χ1) is 7.34. The maximum atomic E-state index is 6.16. The molecule has 2 N–H and O–H groups in total. The van der Waals surface area contributed by atoms with E-state index in [1.54, 1.807) is 0 Å². The minimum Gasteiger partial charge on any atom is -0.381 e. The largest absolute Gasteiger partial charge is 0.381 e. The third-order valence-electron chi connectivity index (χ3n) is 3.49. The third kappa shape index (κ3) is 5.53. The highest BCUT2D eigenvalue weighted by atomic mass is 16.5. The molecule has 1 aliphatic carbocycles. The molecule has 0 aromatic carbocycles. The summed E-state index contributed by atoms with van der Waals surface area (Å²) < 4.78 is 5.61. The molecular weight excluding hydrogens is 186 g/mol. The first-order valence-corrected chi connectivity index (χ1v) is 6.68. The molecule has 0 amide bonds. The molecule has 0 heterocycles. The minimum absolute atomic E-state index is 0.433. The molecule has 0 aliphatic heterocycles. The standard InChI is InChI=1S/C13H27NO/c1-2-3-10-15-11-9-12-7-5-4-6-8-13(12)14/h12-13H,2-11,14H2,1H3. The number of nitrogens with two attached hydrogens (primary N) is 1. The average Bonchev–Trinajstić information content (AvgIpc) is 2.44. The van der Waals surface area contributed by atoms with Crippen LogP contribution in [0.15, 0.2) is 0 Å². The Morgan fingerprint density at radius 3 is 2.73 bits per heavy atom. The molecule has 2 unspecified atom stereocenters. The SMILES string of the molecule is CCCCOCCC1CCCCCC1N. The van der Waals surface area contributed by atoms with Crippen LogP contribution in [0.25, 0.3) is 0 Å². The van der Waals surface area contributed by atoms with Crippen LogP contribution in [0.4, 0.5) is 0 Å². The van der Waals surface area contributed by atoms with Gasteiger partial charge in [0.2, 0.25) is 0 Å². The van der Waals surface area contributed by atoms with Gasteiger partial charge >= 0.3 is 0 Å². The Morgan fingerprint density at radius 2 is 1.93 bits per heavy atom. The van der Waals surface area contributed by atoms with E-state index in [1.807, 2.05) is 0 Å². The highest BCUT2D eigenvalue weighted by molar-refractivity contribution is 4.76. The lowest BCUT2D eigenvalue weighted by molar-refractivity contribution is 0.112. The Kier molecular flexibility index (Phi) is 7.03. The summed E-state index contributed by atoms with van der Waals surface area (Å²) in [5, 5.41) is 0. The second-order valence-corrected chi connectivity index (χ2v) is 4.82. The molecule has 2 heteroatoms. The molecule has 0 saturated heterocycles. The van der Waals surface area contributed by atoms with Gasteiger partial charge < -0.3 is 10.5 Å². The molecule has 0 aromatic rings. The molecule has 0 spiro atoms. The van der Waals surface area contributed by atoms with Crippen molar-refractivity contribution in [3.8, 4) is 0 Å². The van der Waals surface area contributed by atoms with Gasteiger partial charge in [0.15, 0.2) is 0 Å². The van der Waals surface area contributed by atoms with Gasteiger partial charge in [0.05, 0.1) is 0 Å². The van der Waals surface area contributed by atoms with Gasteiger partial charge in [0.1, 0.15) is 0 Å². The van der Waals surface area contributed by atoms with E-state index in [-0.39, 0.29) is 0 Å². The second kappa shape index (κ2) is 8.12. The van der Waals surface area contributed by atoms with E-state index in [0.717, 1.165) is 13.2 Å². The number of hydrogen-bond acceptors (Lipinski definition) is 2. The molecule has 1 fully saturated rings. The maximum Gasteiger partial charge on any atom is 0.0469 e. The van der Waals surface area contributed by atoms with Gasteiger partial charge in [0.25, 0.3) is 0 Å². The Balaban J connectivity index is 2.07. The van der Waals surface area contributed by atoms with Crippen molar-refractivity contribution >= 4 is 0 Å². The van der Waals surface area contributed by atoms with Gasteiger partial charge in [-0.05, 0) is 31.6 Å². The zero-order valence-electron chi connectivity index (χ0n) is 10.2. The molecule has 0 radical (unpaired) electrons. The number of hydrogen-bond donors (Lipinski definition) is 1. The van der Waals surface area contributed by atoms with Crippen molar-refractivity contribution in [1.29, 1.82) is 0 Å². The summed E-state index contributed by atoms with van der Waals surface area (Å²) >= 11 is 0. The Bertz CT molecular complexity index is 149. The highest BCUT2D eigenvalue weighted by Crippen LogP contribution is 2.24. The summed E-state index contributed by atoms with van der Waals surface area (Å²) in [7, 11) is 0. The predicted octanol–water partition coefficient (Wildman–Crippen LogP) is 3.10. The lowest BCUT2D eigenvalue weighted by atomic mass is 9.93. The van der Waals surface area contributed by atoms with Gasteiger partial charge in [0, 0.05) is 19.3 Å². The van der Waals surface area contributed by atoms with Crippen molar-refractivity contribution < 1.29 is 4.74 Å². The van der Waals surface area contributed by atoms with E-state index in [9.17, 15) is 0 Å². The van der Waals surface area contributed by atoms with Crippen LogP contribution in [-0.4, -0.2) is 19.3 Å². The number of ether oxygens (including phenoxy) is 1. The highest BCUT2D eigenvalue weighted by Gasteiger charge is 2.19. The minimum atomic E-state index is 0.433. The van der Waals surface area contributed by atoms with Crippen LogP contribution < -0.4 is 5.73 Å². The Labute approximate surface area is 94.6 Å². The van der Waals surface area contributed by atoms with Crippen molar-refractivity contribution in [1.82, 2.24) is 0 Å². The quantitative estimate of drug-likeness (QED) is 0.543. The maximum absolute atomic E-state index is 6.16. The third-order valence-corrected chi connectivity index (χ3v) is 3.49. The molecule has 1 rings (SSSR count). The van der Waals surface area contributed by atoms with Gasteiger partial charge in [-0.15, -0.1) is 0 Å². The molecule has 0 bridgehead atoms. The topological polar surface area (TPSA) is 35.2 Å². The lowest BCUT2D eigenvalue weighted by Crippen LogP contribution is -2.29. The summed E-state index contributed by atoms with van der Waals surface area (Å²) in [5.74, 6) is 0.717.